The van der Waals surface area contributed by atoms with Crippen LogP contribution in [0.4, 0.5) is 10.5 Å². The van der Waals surface area contributed by atoms with Crippen LogP contribution in [0.15, 0.2) is 84.9 Å². The molecule has 36 heavy (non-hydrogen) atoms. The Labute approximate surface area is 219 Å². The zero-order chi connectivity index (χ0) is 25.2. The first-order valence-corrected chi connectivity index (χ1v) is 12.9. The number of morpholine rings is 1. The number of carbonyl (C=O) groups excluding carboxylic acids is 1. The van der Waals surface area contributed by atoms with Gasteiger partial charge in [0, 0.05) is 49.9 Å². The average molecular weight is 503 g/mol. The van der Waals surface area contributed by atoms with Crippen LogP contribution in [0.25, 0.3) is 0 Å². The molecule has 0 unspecified atom stereocenters. The summed E-state index contributed by atoms with van der Waals surface area (Å²) in [6.45, 7) is 5.33. The van der Waals surface area contributed by atoms with Crippen molar-refractivity contribution in [1.82, 2.24) is 9.80 Å². The summed E-state index contributed by atoms with van der Waals surface area (Å²) in [7, 11) is 0. The molecule has 1 aliphatic rings. The molecule has 4 rings (SSSR count). The predicted molar refractivity (Wildman–Crippen MR) is 150 cm³/mol. The molecular weight excluding hydrogens is 468 g/mol. The summed E-state index contributed by atoms with van der Waals surface area (Å²) in [4.78, 5) is 18.0. The third kappa shape index (κ3) is 7.37. The molecule has 7 heteroatoms. The molecule has 1 fully saturated rings. The van der Waals surface area contributed by atoms with E-state index in [1.807, 2.05) is 41.3 Å². The average Bonchev–Trinajstić information content (AvgIpc) is 2.92. The summed E-state index contributed by atoms with van der Waals surface area (Å²) in [6.07, 6.45) is 0.817. The minimum absolute atomic E-state index is 0.122. The molecule has 188 valence electrons. The molecule has 0 atom stereocenters. The minimum atomic E-state index is -0.122. The molecular formula is C29H34N4O2S. The summed E-state index contributed by atoms with van der Waals surface area (Å²) in [6, 6.07) is 28.3. The van der Waals surface area contributed by atoms with Gasteiger partial charge in [0.25, 0.3) is 0 Å². The number of amides is 2. The van der Waals surface area contributed by atoms with E-state index in [9.17, 15) is 4.79 Å². The Morgan fingerprint density at radius 2 is 1.58 bits per heavy atom. The second-order valence-electron chi connectivity index (χ2n) is 8.98. The monoisotopic (exact) mass is 502 g/mol. The summed E-state index contributed by atoms with van der Waals surface area (Å²) < 4.78 is 5.49. The van der Waals surface area contributed by atoms with Gasteiger partial charge in [-0.3, -0.25) is 4.90 Å². The van der Waals surface area contributed by atoms with Crippen molar-refractivity contribution in [1.29, 1.82) is 0 Å². The van der Waals surface area contributed by atoms with E-state index < -0.39 is 0 Å². The largest absolute Gasteiger partial charge is 0.389 e. The van der Waals surface area contributed by atoms with Crippen LogP contribution in [0.5, 0.6) is 0 Å². The number of anilines is 1. The van der Waals surface area contributed by atoms with Crippen LogP contribution in [0.3, 0.4) is 0 Å². The quantitative estimate of drug-likeness (QED) is 0.393. The normalized spacial score (nSPS) is 13.9. The van der Waals surface area contributed by atoms with Gasteiger partial charge in [-0.1, -0.05) is 85.0 Å². The van der Waals surface area contributed by atoms with Crippen LogP contribution < -0.4 is 11.1 Å². The number of urea groups is 1. The lowest BCUT2D eigenvalue weighted by Gasteiger charge is -2.31. The molecule has 3 aromatic rings. The van der Waals surface area contributed by atoms with E-state index in [0.717, 1.165) is 44.8 Å². The first-order chi connectivity index (χ1) is 17.6. The van der Waals surface area contributed by atoms with Gasteiger partial charge in [0.15, 0.2) is 0 Å². The van der Waals surface area contributed by atoms with Crippen molar-refractivity contribution in [3.05, 3.63) is 102 Å². The van der Waals surface area contributed by atoms with Gasteiger partial charge in [0.1, 0.15) is 4.99 Å². The van der Waals surface area contributed by atoms with Gasteiger partial charge < -0.3 is 20.7 Å². The van der Waals surface area contributed by atoms with E-state index >= 15 is 0 Å². The summed E-state index contributed by atoms with van der Waals surface area (Å²) in [5.41, 5.74) is 9.71. The van der Waals surface area contributed by atoms with Crippen LogP contribution in [0.1, 0.15) is 29.0 Å². The fourth-order valence-electron chi connectivity index (χ4n) is 4.54. The van der Waals surface area contributed by atoms with Gasteiger partial charge in [0.05, 0.1) is 13.2 Å². The van der Waals surface area contributed by atoms with Gasteiger partial charge in [0.2, 0.25) is 0 Å². The van der Waals surface area contributed by atoms with Crippen LogP contribution in [0, 0.1) is 0 Å². The van der Waals surface area contributed by atoms with Gasteiger partial charge in [-0.15, -0.1) is 0 Å². The van der Waals surface area contributed by atoms with Crippen molar-refractivity contribution in [2.45, 2.75) is 12.3 Å². The first kappa shape index (κ1) is 25.8. The van der Waals surface area contributed by atoms with E-state index in [1.54, 1.807) is 0 Å². The highest BCUT2D eigenvalue weighted by Crippen LogP contribution is 2.28. The number of ether oxygens (including phenoxy) is 1. The number of rotatable bonds is 10. The fourth-order valence-corrected chi connectivity index (χ4v) is 4.66. The number of thiocarbonyl (C=S) groups is 1. The highest BCUT2D eigenvalue weighted by molar-refractivity contribution is 7.80. The molecule has 3 N–H and O–H groups in total. The van der Waals surface area contributed by atoms with Crippen molar-refractivity contribution < 1.29 is 9.53 Å². The van der Waals surface area contributed by atoms with Crippen LogP contribution >= 0.6 is 12.2 Å². The zero-order valence-corrected chi connectivity index (χ0v) is 21.3. The van der Waals surface area contributed by atoms with Gasteiger partial charge in [-0.2, -0.15) is 0 Å². The van der Waals surface area contributed by atoms with E-state index in [1.165, 1.54) is 11.1 Å². The Balaban J connectivity index is 1.50. The number of nitrogens with zero attached hydrogens (tertiary/aromatic N) is 2. The van der Waals surface area contributed by atoms with Crippen molar-refractivity contribution in [2.75, 3.05) is 51.3 Å². The molecule has 0 spiro atoms. The maximum Gasteiger partial charge on any atom is 0.321 e. The first-order valence-electron chi connectivity index (χ1n) is 12.5. The highest BCUT2D eigenvalue weighted by atomic mass is 32.1. The lowest BCUT2D eigenvalue weighted by molar-refractivity contribution is 0.0351. The minimum Gasteiger partial charge on any atom is -0.389 e. The van der Waals surface area contributed by atoms with Gasteiger partial charge >= 0.3 is 6.03 Å². The number of hydrogen-bond donors (Lipinski definition) is 2. The number of carbonyl (C=O) groups is 1. The number of nitrogens with two attached hydrogens (primary N) is 1. The summed E-state index contributed by atoms with van der Waals surface area (Å²) in [5, 5.41) is 3.06. The van der Waals surface area contributed by atoms with Crippen molar-refractivity contribution in [3.63, 3.8) is 0 Å². The predicted octanol–water partition coefficient (Wildman–Crippen LogP) is 4.71. The van der Waals surface area contributed by atoms with Crippen LogP contribution in [-0.4, -0.2) is 66.8 Å². The lowest BCUT2D eigenvalue weighted by atomic mass is 9.88. The Kier molecular flexibility index (Phi) is 9.44. The molecule has 0 radical (unpaired) electrons. The second-order valence-corrected chi connectivity index (χ2v) is 9.42. The zero-order valence-electron chi connectivity index (χ0n) is 20.5. The fraction of sp³-hybridized carbons (Fsp3) is 0.310. The molecule has 2 amide bonds. The van der Waals surface area contributed by atoms with Crippen molar-refractivity contribution in [2.24, 2.45) is 5.73 Å². The smallest absolute Gasteiger partial charge is 0.321 e. The molecule has 3 aromatic carbocycles. The maximum atomic E-state index is 13.5. The molecule has 0 aromatic heterocycles. The number of nitrogens with one attached hydrogen (secondary N) is 1. The Morgan fingerprint density at radius 3 is 2.19 bits per heavy atom. The third-order valence-electron chi connectivity index (χ3n) is 6.57. The Hall–Kier alpha value is -3.26. The van der Waals surface area contributed by atoms with Crippen LogP contribution in [0.2, 0.25) is 0 Å². The van der Waals surface area contributed by atoms with Crippen LogP contribution in [-0.2, 0) is 4.74 Å². The molecule has 1 aliphatic heterocycles. The Bertz CT molecular complexity index is 1080. The second kappa shape index (κ2) is 13.2. The molecule has 0 saturated carbocycles. The number of benzene rings is 3. The van der Waals surface area contributed by atoms with E-state index in [2.05, 4.69) is 58.7 Å². The molecule has 0 aliphatic carbocycles. The van der Waals surface area contributed by atoms with Gasteiger partial charge in [-0.05, 0) is 29.7 Å². The van der Waals surface area contributed by atoms with Gasteiger partial charge in [-0.25, -0.2) is 4.79 Å². The van der Waals surface area contributed by atoms with E-state index in [4.69, 9.17) is 22.7 Å². The lowest BCUT2D eigenvalue weighted by Crippen LogP contribution is -2.44. The van der Waals surface area contributed by atoms with Crippen molar-refractivity contribution >= 4 is 28.9 Å². The SMILES string of the molecule is NC(=S)c1cccc(NC(=O)N(CCC(c2ccccc2)c2ccccc2)CCN2CCOCC2)c1. The molecule has 1 heterocycles. The van der Waals surface area contributed by atoms with E-state index in [-0.39, 0.29) is 11.9 Å². The maximum absolute atomic E-state index is 13.5. The van der Waals surface area contributed by atoms with Crippen molar-refractivity contribution in [3.8, 4) is 0 Å². The molecule has 1 saturated heterocycles. The summed E-state index contributed by atoms with van der Waals surface area (Å²) >= 11 is 5.10. The molecule has 6 nitrogen and oxygen atoms in total. The highest BCUT2D eigenvalue weighted by Gasteiger charge is 2.21. The molecule has 0 bridgehead atoms. The summed E-state index contributed by atoms with van der Waals surface area (Å²) in [5.74, 6) is 0.198. The Morgan fingerprint density at radius 1 is 0.944 bits per heavy atom. The third-order valence-corrected chi connectivity index (χ3v) is 6.80. The number of hydrogen-bond acceptors (Lipinski definition) is 4. The topological polar surface area (TPSA) is 70.8 Å². The standard InChI is InChI=1S/C29H34N4O2S/c30-28(36)25-12-7-13-26(22-25)31-29(34)33(17-16-32-18-20-35-21-19-32)15-14-27(23-8-3-1-4-9-23)24-10-5-2-6-11-24/h1-13,22,27H,14-21H2,(H2,30,36)(H,31,34). The van der Waals surface area contributed by atoms with E-state index in [0.29, 0.717) is 23.8 Å².